The second-order valence-corrected chi connectivity index (χ2v) is 5.43. The van der Waals surface area contributed by atoms with Crippen molar-refractivity contribution in [3.63, 3.8) is 0 Å². The highest BCUT2D eigenvalue weighted by Gasteiger charge is 2.15. The molecule has 0 unspecified atom stereocenters. The predicted octanol–water partition coefficient (Wildman–Crippen LogP) is 3.56. The molecule has 0 spiro atoms. The molecule has 0 atom stereocenters. The lowest BCUT2D eigenvalue weighted by atomic mass is 10.3. The maximum Gasteiger partial charge on any atom is 0.277 e. The van der Waals surface area contributed by atoms with Crippen LogP contribution in [0.2, 0.25) is 0 Å². The maximum absolute atomic E-state index is 13.5. The molecule has 3 aromatic rings. The lowest BCUT2D eigenvalue weighted by Crippen LogP contribution is -2.13. The van der Waals surface area contributed by atoms with Crippen molar-refractivity contribution in [1.82, 2.24) is 15.0 Å². The number of amides is 1. The third-order valence-electron chi connectivity index (χ3n) is 3.00. The normalized spacial score (nSPS) is 10.6. The zero-order chi connectivity index (χ0) is 16.4. The van der Waals surface area contributed by atoms with Crippen molar-refractivity contribution in [3.8, 4) is 5.69 Å². The molecule has 0 bridgehead atoms. The highest BCUT2D eigenvalue weighted by Crippen LogP contribution is 2.20. The van der Waals surface area contributed by atoms with Crippen LogP contribution in [-0.4, -0.2) is 20.9 Å². The number of hydrogen-bond acceptors (Lipinski definition) is 3. The summed E-state index contributed by atoms with van der Waals surface area (Å²) in [5.41, 5.74) is 0.573. The maximum atomic E-state index is 13.5. The lowest BCUT2D eigenvalue weighted by Gasteiger charge is -2.04. The van der Waals surface area contributed by atoms with E-state index >= 15 is 0 Å². The van der Waals surface area contributed by atoms with Gasteiger partial charge in [-0.1, -0.05) is 17.3 Å². The van der Waals surface area contributed by atoms with E-state index in [0.29, 0.717) is 11.8 Å². The lowest BCUT2D eigenvalue weighted by molar-refractivity contribution is 0.102. The van der Waals surface area contributed by atoms with Crippen molar-refractivity contribution in [3.05, 3.63) is 70.5 Å². The van der Waals surface area contributed by atoms with Gasteiger partial charge in [0.1, 0.15) is 11.6 Å². The van der Waals surface area contributed by atoms with E-state index in [1.54, 1.807) is 6.07 Å². The fraction of sp³-hybridized carbons (Fsp3) is 0. The molecule has 0 aliphatic heterocycles. The minimum Gasteiger partial charge on any atom is -0.318 e. The highest BCUT2D eigenvalue weighted by molar-refractivity contribution is 9.10. The van der Waals surface area contributed by atoms with Crippen LogP contribution in [0.3, 0.4) is 0 Å². The van der Waals surface area contributed by atoms with E-state index < -0.39 is 17.5 Å². The van der Waals surface area contributed by atoms with Crippen LogP contribution in [0.4, 0.5) is 14.5 Å². The van der Waals surface area contributed by atoms with Crippen LogP contribution in [0, 0.1) is 11.6 Å². The largest absolute Gasteiger partial charge is 0.318 e. The first-order valence-electron chi connectivity index (χ1n) is 6.48. The van der Waals surface area contributed by atoms with E-state index in [9.17, 15) is 13.6 Å². The Hall–Kier alpha value is -2.61. The monoisotopic (exact) mass is 378 g/mol. The molecule has 0 fully saturated rings. The SMILES string of the molecule is O=C(Nc1ccc(F)cc1F)c1cn(-c2ccccc2Br)nn1. The Morgan fingerprint density at radius 3 is 2.70 bits per heavy atom. The van der Waals surface area contributed by atoms with Gasteiger partial charge in [0, 0.05) is 10.5 Å². The van der Waals surface area contributed by atoms with Crippen LogP contribution in [0.15, 0.2) is 53.1 Å². The minimum absolute atomic E-state index is 0.00415. The van der Waals surface area contributed by atoms with Crippen LogP contribution in [-0.2, 0) is 0 Å². The van der Waals surface area contributed by atoms with E-state index in [-0.39, 0.29) is 11.4 Å². The topological polar surface area (TPSA) is 59.8 Å². The standard InChI is InChI=1S/C15H9BrF2N4O/c16-10-3-1-2-4-14(10)22-8-13(20-21-22)15(23)19-12-6-5-9(17)7-11(12)18/h1-8H,(H,19,23). The third kappa shape index (κ3) is 3.26. The van der Waals surface area contributed by atoms with Gasteiger partial charge < -0.3 is 5.32 Å². The van der Waals surface area contributed by atoms with Gasteiger partial charge in [-0.15, -0.1) is 5.10 Å². The van der Waals surface area contributed by atoms with Crippen molar-refractivity contribution in [2.45, 2.75) is 0 Å². The van der Waals surface area contributed by atoms with Crippen LogP contribution in [0.5, 0.6) is 0 Å². The molecule has 23 heavy (non-hydrogen) atoms. The summed E-state index contributed by atoms with van der Waals surface area (Å²) in [5, 5.41) is 9.95. The summed E-state index contributed by atoms with van der Waals surface area (Å²) in [6, 6.07) is 10.2. The van der Waals surface area contributed by atoms with Gasteiger partial charge in [-0.2, -0.15) is 0 Å². The van der Waals surface area contributed by atoms with E-state index in [0.717, 1.165) is 16.6 Å². The Morgan fingerprint density at radius 1 is 1.17 bits per heavy atom. The quantitative estimate of drug-likeness (QED) is 0.757. The third-order valence-corrected chi connectivity index (χ3v) is 3.68. The average molecular weight is 379 g/mol. The molecule has 1 N–H and O–H groups in total. The van der Waals surface area contributed by atoms with Gasteiger partial charge in [0.05, 0.1) is 17.6 Å². The van der Waals surface area contributed by atoms with Crippen LogP contribution in [0.1, 0.15) is 10.5 Å². The van der Waals surface area contributed by atoms with E-state index in [4.69, 9.17) is 0 Å². The van der Waals surface area contributed by atoms with Gasteiger partial charge in [0.2, 0.25) is 0 Å². The van der Waals surface area contributed by atoms with E-state index in [2.05, 4.69) is 31.6 Å². The van der Waals surface area contributed by atoms with Gasteiger partial charge in [0.15, 0.2) is 5.69 Å². The second kappa shape index (κ2) is 6.25. The van der Waals surface area contributed by atoms with Gasteiger partial charge in [-0.3, -0.25) is 4.79 Å². The van der Waals surface area contributed by atoms with Gasteiger partial charge in [-0.25, -0.2) is 13.5 Å². The Balaban J connectivity index is 1.83. The number of anilines is 1. The smallest absolute Gasteiger partial charge is 0.277 e. The number of hydrogen-bond donors (Lipinski definition) is 1. The number of para-hydroxylation sites is 1. The number of nitrogens with one attached hydrogen (secondary N) is 1. The zero-order valence-corrected chi connectivity index (χ0v) is 13.1. The molecule has 2 aromatic carbocycles. The molecule has 0 saturated carbocycles. The summed E-state index contributed by atoms with van der Waals surface area (Å²) in [4.78, 5) is 12.1. The molecule has 1 heterocycles. The fourth-order valence-corrected chi connectivity index (χ4v) is 2.37. The minimum atomic E-state index is -0.864. The first-order valence-corrected chi connectivity index (χ1v) is 7.27. The molecule has 5 nitrogen and oxygen atoms in total. The molecule has 3 rings (SSSR count). The Bertz CT molecular complexity index is 881. The highest BCUT2D eigenvalue weighted by atomic mass is 79.9. The zero-order valence-electron chi connectivity index (χ0n) is 11.5. The molecule has 0 aliphatic carbocycles. The number of aromatic nitrogens is 3. The van der Waals surface area contributed by atoms with Crippen LogP contribution < -0.4 is 5.32 Å². The summed E-state index contributed by atoms with van der Waals surface area (Å²) in [7, 11) is 0. The summed E-state index contributed by atoms with van der Waals surface area (Å²) in [6.07, 6.45) is 1.41. The summed E-state index contributed by atoms with van der Waals surface area (Å²) >= 11 is 3.38. The Morgan fingerprint density at radius 2 is 1.96 bits per heavy atom. The van der Waals surface area contributed by atoms with Crippen molar-refractivity contribution < 1.29 is 13.6 Å². The molecule has 1 amide bonds. The molecule has 8 heteroatoms. The first kappa shape index (κ1) is 15.3. The van der Waals surface area contributed by atoms with Gasteiger partial charge in [0.25, 0.3) is 5.91 Å². The van der Waals surface area contributed by atoms with Crippen molar-refractivity contribution in [1.29, 1.82) is 0 Å². The van der Waals surface area contributed by atoms with Crippen LogP contribution >= 0.6 is 15.9 Å². The molecule has 0 saturated heterocycles. The Labute approximate surface area is 138 Å². The van der Waals surface area contributed by atoms with Crippen molar-refractivity contribution in [2.75, 3.05) is 5.32 Å². The van der Waals surface area contributed by atoms with E-state index in [1.807, 2.05) is 18.2 Å². The Kier molecular flexibility index (Phi) is 4.16. The second-order valence-electron chi connectivity index (χ2n) is 4.58. The van der Waals surface area contributed by atoms with E-state index in [1.165, 1.54) is 10.9 Å². The first-order chi connectivity index (χ1) is 11.0. The predicted molar refractivity (Wildman–Crippen MR) is 83.4 cm³/mol. The van der Waals surface area contributed by atoms with Gasteiger partial charge >= 0.3 is 0 Å². The van der Waals surface area contributed by atoms with Gasteiger partial charge in [-0.05, 0) is 40.2 Å². The summed E-state index contributed by atoms with van der Waals surface area (Å²) in [6.45, 7) is 0. The van der Waals surface area contributed by atoms with Crippen molar-refractivity contribution >= 4 is 27.5 Å². The average Bonchev–Trinajstić information content (AvgIpc) is 3.00. The fourth-order valence-electron chi connectivity index (χ4n) is 1.90. The molecule has 0 radical (unpaired) electrons. The molecule has 1 aromatic heterocycles. The number of benzene rings is 2. The number of halogens is 3. The molecule has 0 aliphatic rings. The number of carbonyl (C=O) groups excluding carboxylic acids is 1. The molecular weight excluding hydrogens is 370 g/mol. The number of rotatable bonds is 3. The summed E-state index contributed by atoms with van der Waals surface area (Å²) in [5.74, 6) is -2.23. The number of carbonyl (C=O) groups is 1. The molecule has 116 valence electrons. The van der Waals surface area contributed by atoms with Crippen molar-refractivity contribution in [2.24, 2.45) is 0 Å². The molecular formula is C15H9BrF2N4O. The number of nitrogens with zero attached hydrogens (tertiary/aromatic N) is 3. The van der Waals surface area contributed by atoms with Crippen LogP contribution in [0.25, 0.3) is 5.69 Å². The summed E-state index contributed by atoms with van der Waals surface area (Å²) < 4.78 is 28.6.